The van der Waals surface area contributed by atoms with Gasteiger partial charge in [0.2, 0.25) is 0 Å². The van der Waals surface area contributed by atoms with E-state index in [1.54, 1.807) is 5.43 Å². The predicted molar refractivity (Wildman–Crippen MR) is 118 cm³/mol. The third-order valence-electron chi connectivity index (χ3n) is 2.55. The number of amides is 1. The molecule has 0 aliphatic heterocycles. The van der Waals surface area contributed by atoms with Crippen LogP contribution in [-0.2, 0) is 28.5 Å². The summed E-state index contributed by atoms with van der Waals surface area (Å²) in [6.45, 7) is -0.439. The molecule has 0 unspecified atom stereocenters. The van der Waals surface area contributed by atoms with Crippen molar-refractivity contribution in [2.24, 2.45) is 5.84 Å². The molecule has 0 saturated heterocycles. The van der Waals surface area contributed by atoms with Gasteiger partial charge in [-0.05, 0) is 0 Å². The number of hydrogen-bond donors (Lipinski definition) is 12. The molecule has 18 nitrogen and oxygen atoms in total. The Bertz CT molecular complexity index is 881. The molecule has 0 aliphatic carbocycles. The van der Waals surface area contributed by atoms with Crippen LogP contribution >= 0.6 is 7.60 Å². The molecule has 1 rings (SSSR count). The van der Waals surface area contributed by atoms with Gasteiger partial charge in [0, 0.05) is 30.4 Å². The summed E-state index contributed by atoms with van der Waals surface area (Å²) < 4.78 is 10.1. The number of phenolic OH excluding ortho intramolecular Hbond substituents is 3. The molecule has 13 N–H and O–H groups in total. The lowest BCUT2D eigenvalue weighted by molar-refractivity contribution is -0.143. The first-order valence-corrected chi connectivity index (χ1v) is 10.7. The van der Waals surface area contributed by atoms with Crippen LogP contribution in [0.5, 0.6) is 17.2 Å². The zero-order valence-corrected chi connectivity index (χ0v) is 19.1. The molecule has 19 heteroatoms. The van der Waals surface area contributed by atoms with Crippen LogP contribution in [0.2, 0.25) is 0 Å². The first kappa shape index (κ1) is 36.4. The molecule has 1 amide bonds. The van der Waals surface area contributed by atoms with Crippen molar-refractivity contribution in [2.75, 3.05) is 12.8 Å². The average Bonchev–Trinajstić information content (AvgIpc) is 2.69. The van der Waals surface area contributed by atoms with Crippen LogP contribution in [0.4, 0.5) is 0 Å². The zero-order chi connectivity index (χ0) is 28.9. The molecular formula is C17H26N3O15P. The maximum Gasteiger partial charge on any atom is 0.339 e. The summed E-state index contributed by atoms with van der Waals surface area (Å²) in [5.74, 6) is -0.944. The normalized spacial score (nSPS) is 9.75. The number of hydrazine groups is 1. The fraction of sp³-hybridized carbons (Fsp3) is 0.235. The second-order valence-corrected chi connectivity index (χ2v) is 7.46. The highest BCUT2D eigenvalue weighted by atomic mass is 31.2. The van der Waals surface area contributed by atoms with Crippen molar-refractivity contribution in [1.29, 1.82) is 0 Å². The van der Waals surface area contributed by atoms with Gasteiger partial charge >= 0.3 is 31.5 Å². The highest BCUT2D eigenvalue weighted by Gasteiger charge is 2.11. The molecule has 36 heavy (non-hydrogen) atoms. The van der Waals surface area contributed by atoms with Gasteiger partial charge in [-0.2, -0.15) is 0 Å². The summed E-state index contributed by atoms with van der Waals surface area (Å²) in [6, 6.07) is 3.42. The van der Waals surface area contributed by atoms with E-state index >= 15 is 0 Å². The molecule has 1 aromatic rings. The minimum Gasteiger partial charge on any atom is -0.508 e. The van der Waals surface area contributed by atoms with Crippen molar-refractivity contribution in [1.82, 2.24) is 10.7 Å². The van der Waals surface area contributed by atoms with Crippen LogP contribution in [0, 0.1) is 0 Å². The number of carboxylic acid groups (broad SMARTS) is 4. The molecule has 0 spiro atoms. The van der Waals surface area contributed by atoms with Crippen molar-refractivity contribution in [3.05, 3.63) is 30.4 Å². The fourth-order valence-electron chi connectivity index (χ4n) is 1.30. The molecule has 0 saturated carbocycles. The number of aromatic hydroxyl groups is 3. The van der Waals surface area contributed by atoms with Crippen LogP contribution in [0.15, 0.2) is 30.4 Å². The maximum absolute atomic E-state index is 10.1. The number of carbonyl (C=O) groups excluding carboxylic acids is 1. The lowest BCUT2D eigenvalue weighted by atomic mass is 10.3. The Morgan fingerprint density at radius 2 is 1.17 bits per heavy atom. The average molecular weight is 543 g/mol. The van der Waals surface area contributed by atoms with Crippen LogP contribution in [0.1, 0.15) is 12.8 Å². The molecule has 0 bridgehead atoms. The summed E-state index contributed by atoms with van der Waals surface area (Å²) in [7, 11) is -4.10. The van der Waals surface area contributed by atoms with Gasteiger partial charge in [-0.3, -0.25) is 34.5 Å². The molecule has 204 valence electrons. The lowest BCUT2D eigenvalue weighted by Gasteiger charge is -2.02. The van der Waals surface area contributed by atoms with Gasteiger partial charge in [0.25, 0.3) is 5.91 Å². The van der Waals surface area contributed by atoms with Gasteiger partial charge in [0.05, 0.1) is 25.7 Å². The van der Waals surface area contributed by atoms with Crippen molar-refractivity contribution in [3.63, 3.8) is 0 Å². The summed E-state index contributed by atoms with van der Waals surface area (Å²) in [5, 5.41) is 59.8. The number of nitrogens with one attached hydrogen (secondary N) is 2. The van der Waals surface area contributed by atoms with E-state index in [0.717, 1.165) is 24.3 Å². The molecule has 0 heterocycles. The topological polar surface area (TPSA) is 335 Å². The molecule has 0 aliphatic rings. The largest absolute Gasteiger partial charge is 0.508 e. The standard InChI is InChI=1S/C6H6O3.C4H6N2O3.C4H6O4.C3H8NO5P/c7-4-1-5(8)3-6(9)2-4;5-6-3(7)1-2-4(8)9;5-3(6)1-2-4(7)8;5-3(6)1-4-2-10(7,8)9/h1-3,7-9H;1-2H,5H2,(H,6,7)(H,8,9);1-2H2,(H,5,6)(H,7,8);4H,1-2H2,(H,5,6)(H2,7,8,9). The Kier molecular flexibility index (Phi) is 20.4. The number of benzene rings is 1. The number of rotatable bonds is 9. The number of carboxylic acids is 4. The Hall–Kier alpha value is -4.22. The molecule has 0 aromatic heterocycles. The van der Waals surface area contributed by atoms with Gasteiger partial charge in [0.15, 0.2) is 0 Å². The zero-order valence-electron chi connectivity index (χ0n) is 18.2. The van der Waals surface area contributed by atoms with E-state index in [2.05, 4.69) is 11.2 Å². The fourth-order valence-corrected chi connectivity index (χ4v) is 1.70. The third-order valence-corrected chi connectivity index (χ3v) is 3.19. The quantitative estimate of drug-likeness (QED) is 0.0534. The smallest absolute Gasteiger partial charge is 0.339 e. The van der Waals surface area contributed by atoms with Crippen LogP contribution in [0.3, 0.4) is 0 Å². The number of nitrogens with two attached hydrogens (primary N) is 1. The van der Waals surface area contributed by atoms with Crippen molar-refractivity contribution in [3.8, 4) is 17.2 Å². The van der Waals surface area contributed by atoms with Gasteiger partial charge in [-0.1, -0.05) is 0 Å². The monoisotopic (exact) mass is 543 g/mol. The highest BCUT2D eigenvalue weighted by Crippen LogP contribution is 2.31. The molecule has 0 fully saturated rings. The summed E-state index contributed by atoms with van der Waals surface area (Å²) in [6.07, 6.45) is 0.328. The van der Waals surface area contributed by atoms with Gasteiger partial charge in [-0.25, -0.2) is 10.6 Å². The van der Waals surface area contributed by atoms with E-state index in [1.165, 1.54) is 0 Å². The van der Waals surface area contributed by atoms with Gasteiger partial charge in [-0.15, -0.1) is 0 Å². The summed E-state index contributed by atoms with van der Waals surface area (Å²) in [5.41, 5.74) is 1.73. The Labute approximate surface area is 202 Å². The minimum atomic E-state index is -4.10. The van der Waals surface area contributed by atoms with Crippen LogP contribution in [0.25, 0.3) is 0 Å². The van der Waals surface area contributed by atoms with E-state index in [9.17, 15) is 28.5 Å². The van der Waals surface area contributed by atoms with E-state index in [-0.39, 0.29) is 30.1 Å². The summed E-state index contributed by atoms with van der Waals surface area (Å²) in [4.78, 5) is 65.3. The SMILES string of the molecule is NNC(=O)C=CC(=O)O.O=C(O)CCC(=O)O.O=C(O)CNCP(=O)(O)O.Oc1cc(O)cc(O)c1. The second-order valence-electron chi connectivity index (χ2n) is 5.82. The molecule has 0 atom stereocenters. The lowest BCUT2D eigenvalue weighted by Crippen LogP contribution is -2.28. The molecular weight excluding hydrogens is 517 g/mol. The van der Waals surface area contributed by atoms with Gasteiger partial charge < -0.3 is 45.5 Å². The van der Waals surface area contributed by atoms with Crippen molar-refractivity contribution in [2.45, 2.75) is 12.8 Å². The first-order valence-electron chi connectivity index (χ1n) is 8.93. The Morgan fingerprint density at radius 3 is 1.42 bits per heavy atom. The number of carbonyl (C=O) groups is 5. The van der Waals surface area contributed by atoms with E-state index in [0.29, 0.717) is 6.08 Å². The van der Waals surface area contributed by atoms with E-state index < -0.39 is 50.2 Å². The highest BCUT2D eigenvalue weighted by molar-refractivity contribution is 7.51. The van der Waals surface area contributed by atoms with Crippen molar-refractivity contribution >= 4 is 37.4 Å². The first-order chi connectivity index (χ1) is 16.4. The number of hydrogen-bond acceptors (Lipinski definition) is 11. The third kappa shape index (κ3) is 34.4. The number of aliphatic carboxylic acids is 4. The number of phenols is 3. The maximum atomic E-state index is 10.1. The van der Waals surface area contributed by atoms with Crippen LogP contribution < -0.4 is 16.6 Å². The van der Waals surface area contributed by atoms with Gasteiger partial charge in [0.1, 0.15) is 17.2 Å². The van der Waals surface area contributed by atoms with E-state index in [4.69, 9.17) is 45.5 Å². The molecule has 0 radical (unpaired) electrons. The van der Waals surface area contributed by atoms with Crippen LogP contribution in [-0.4, -0.2) is 88.1 Å². The van der Waals surface area contributed by atoms with Crippen molar-refractivity contribution < 1.29 is 74.1 Å². The van der Waals surface area contributed by atoms with E-state index in [1.807, 2.05) is 0 Å². The summed E-state index contributed by atoms with van der Waals surface area (Å²) >= 11 is 0. The Morgan fingerprint density at radius 1 is 0.778 bits per heavy atom. The second kappa shape index (κ2) is 20.2. The predicted octanol–water partition coefficient (Wildman–Crippen LogP) is -1.85. The minimum absolute atomic E-state index is 0.146. The Balaban J connectivity index is -0.000000405. The molecule has 1 aromatic carbocycles.